The number of hydrogen-bond acceptors (Lipinski definition) is 4. The van der Waals surface area contributed by atoms with E-state index >= 15 is 0 Å². The van der Waals surface area contributed by atoms with Gasteiger partial charge in [-0.1, -0.05) is 19.9 Å². The van der Waals surface area contributed by atoms with Crippen LogP contribution in [0, 0.1) is 5.92 Å². The van der Waals surface area contributed by atoms with Gasteiger partial charge in [-0.15, -0.1) is 0 Å². The zero-order valence-electron chi connectivity index (χ0n) is 13.1. The highest BCUT2D eigenvalue weighted by Gasteiger charge is 2.18. The van der Waals surface area contributed by atoms with Crippen molar-refractivity contribution >= 4 is 0 Å². The maximum absolute atomic E-state index is 6.06. The smallest absolute Gasteiger partial charge is 0.132 e. The lowest BCUT2D eigenvalue weighted by Crippen LogP contribution is -2.29. The van der Waals surface area contributed by atoms with Gasteiger partial charge in [0.05, 0.1) is 5.69 Å². The van der Waals surface area contributed by atoms with E-state index < -0.39 is 0 Å². The van der Waals surface area contributed by atoms with E-state index in [4.69, 9.17) is 15.2 Å². The van der Waals surface area contributed by atoms with Crippen molar-refractivity contribution in [1.29, 1.82) is 0 Å². The molecule has 0 spiro atoms. The summed E-state index contributed by atoms with van der Waals surface area (Å²) in [4.78, 5) is 4.46. The van der Waals surface area contributed by atoms with Crippen LogP contribution in [0.1, 0.15) is 25.8 Å². The number of pyridine rings is 1. The first-order valence-corrected chi connectivity index (χ1v) is 7.73. The van der Waals surface area contributed by atoms with Gasteiger partial charge < -0.3 is 15.2 Å². The summed E-state index contributed by atoms with van der Waals surface area (Å²) in [7, 11) is 0. The Morgan fingerprint density at radius 3 is 3.00 bits per heavy atom. The molecule has 2 aromatic rings. The number of aromatic nitrogens is 1. The summed E-state index contributed by atoms with van der Waals surface area (Å²) in [6, 6.07) is 9.91. The van der Waals surface area contributed by atoms with Crippen molar-refractivity contribution in [1.82, 2.24) is 4.98 Å². The van der Waals surface area contributed by atoms with E-state index in [1.165, 1.54) is 0 Å². The van der Waals surface area contributed by atoms with Crippen molar-refractivity contribution in [2.24, 2.45) is 11.7 Å². The number of fused-ring (bicyclic) bond motifs is 3. The Kier molecular flexibility index (Phi) is 4.29. The molecule has 0 saturated heterocycles. The van der Waals surface area contributed by atoms with Crippen molar-refractivity contribution in [3.8, 4) is 22.8 Å². The Morgan fingerprint density at radius 1 is 1.32 bits per heavy atom. The molecule has 4 heteroatoms. The topological polar surface area (TPSA) is 57.4 Å². The number of ether oxygens (including phenoxy) is 2. The molecular weight excluding hydrogens is 276 g/mol. The van der Waals surface area contributed by atoms with E-state index in [1.54, 1.807) is 0 Å². The van der Waals surface area contributed by atoms with Crippen molar-refractivity contribution in [3.05, 3.63) is 42.1 Å². The summed E-state index contributed by atoms with van der Waals surface area (Å²) in [5, 5.41) is 0. The summed E-state index contributed by atoms with van der Waals surface area (Å²) in [6.07, 6.45) is 2.77. The maximum Gasteiger partial charge on any atom is 0.132 e. The lowest BCUT2D eigenvalue weighted by molar-refractivity contribution is 0.265. The van der Waals surface area contributed by atoms with Crippen LogP contribution in [0.3, 0.4) is 0 Å². The molecule has 0 saturated carbocycles. The third-order valence-electron chi connectivity index (χ3n) is 3.72. The quantitative estimate of drug-likeness (QED) is 0.919. The molecule has 4 nitrogen and oxygen atoms in total. The molecule has 1 aliphatic heterocycles. The van der Waals surface area contributed by atoms with Crippen LogP contribution in [0.4, 0.5) is 0 Å². The predicted octanol–water partition coefficient (Wildman–Crippen LogP) is 3.39. The molecule has 0 amide bonds. The van der Waals surface area contributed by atoms with Crippen LogP contribution in [0.15, 0.2) is 36.5 Å². The van der Waals surface area contributed by atoms with Gasteiger partial charge in [-0.2, -0.15) is 0 Å². The van der Waals surface area contributed by atoms with Crippen molar-refractivity contribution < 1.29 is 9.47 Å². The second kappa shape index (κ2) is 6.36. The van der Waals surface area contributed by atoms with Gasteiger partial charge >= 0.3 is 0 Å². The van der Waals surface area contributed by atoms with Gasteiger partial charge in [0.25, 0.3) is 0 Å². The van der Waals surface area contributed by atoms with E-state index in [-0.39, 0.29) is 6.04 Å². The van der Waals surface area contributed by atoms with E-state index in [9.17, 15) is 0 Å². The van der Waals surface area contributed by atoms with Crippen LogP contribution in [-0.2, 0) is 6.61 Å². The molecular formula is C18H22N2O2. The molecule has 1 aromatic heterocycles. The van der Waals surface area contributed by atoms with Crippen molar-refractivity contribution in [3.63, 3.8) is 0 Å². The van der Waals surface area contributed by atoms with Gasteiger partial charge in [0.15, 0.2) is 0 Å². The van der Waals surface area contributed by atoms with Gasteiger partial charge in [-0.25, -0.2) is 0 Å². The highest BCUT2D eigenvalue weighted by molar-refractivity contribution is 5.72. The van der Waals surface area contributed by atoms with Crippen molar-refractivity contribution in [2.45, 2.75) is 32.9 Å². The molecule has 2 heterocycles. The van der Waals surface area contributed by atoms with Crippen LogP contribution in [-0.4, -0.2) is 17.6 Å². The number of nitrogens with zero attached hydrogens (tertiary/aromatic N) is 1. The molecule has 0 bridgehead atoms. The lowest BCUT2D eigenvalue weighted by atomic mass is 10.0. The first kappa shape index (κ1) is 14.9. The normalized spacial score (nSPS) is 14.0. The largest absolute Gasteiger partial charge is 0.492 e. The summed E-state index contributed by atoms with van der Waals surface area (Å²) in [5.41, 5.74) is 9.18. The Labute approximate surface area is 131 Å². The molecule has 22 heavy (non-hydrogen) atoms. The minimum atomic E-state index is 0.0549. The highest BCUT2D eigenvalue weighted by atomic mass is 16.5. The number of rotatable bonds is 5. The molecule has 3 rings (SSSR count). The fourth-order valence-electron chi connectivity index (χ4n) is 2.74. The third kappa shape index (κ3) is 3.22. The van der Waals surface area contributed by atoms with Gasteiger partial charge in [0, 0.05) is 29.4 Å². The van der Waals surface area contributed by atoms with Crippen LogP contribution in [0.5, 0.6) is 11.5 Å². The SMILES string of the molecule is CC(C)C[C@@H](N)COc1ccc2c(c1)OCc1cccnc1-2. The Balaban J connectivity index is 1.73. The lowest BCUT2D eigenvalue weighted by Gasteiger charge is -2.21. The molecule has 1 aromatic carbocycles. The van der Waals surface area contributed by atoms with Gasteiger partial charge in [-0.3, -0.25) is 4.98 Å². The van der Waals surface area contributed by atoms with E-state index in [0.717, 1.165) is 34.7 Å². The molecule has 0 aliphatic carbocycles. The maximum atomic E-state index is 6.06. The molecule has 0 fully saturated rings. The number of hydrogen-bond donors (Lipinski definition) is 1. The zero-order chi connectivity index (χ0) is 15.5. The third-order valence-corrected chi connectivity index (χ3v) is 3.72. The van der Waals surface area contributed by atoms with Gasteiger partial charge in [0.2, 0.25) is 0 Å². The highest BCUT2D eigenvalue weighted by Crippen LogP contribution is 2.38. The number of nitrogens with two attached hydrogens (primary N) is 1. The Morgan fingerprint density at radius 2 is 2.18 bits per heavy atom. The molecule has 2 N–H and O–H groups in total. The second-order valence-electron chi connectivity index (χ2n) is 6.16. The van der Waals surface area contributed by atoms with Gasteiger partial charge in [-0.05, 0) is 30.5 Å². The summed E-state index contributed by atoms with van der Waals surface area (Å²) >= 11 is 0. The zero-order valence-corrected chi connectivity index (χ0v) is 13.1. The fourth-order valence-corrected chi connectivity index (χ4v) is 2.74. The standard InChI is InChI=1S/C18H22N2O2/c1-12(2)8-14(19)11-21-15-5-6-16-17(9-15)22-10-13-4-3-7-20-18(13)16/h3-7,9,12,14H,8,10-11,19H2,1-2H3/t14-/m1/s1. The summed E-state index contributed by atoms with van der Waals surface area (Å²) in [5.74, 6) is 2.19. The minimum absolute atomic E-state index is 0.0549. The average molecular weight is 298 g/mol. The van der Waals surface area contributed by atoms with E-state index in [1.807, 2.05) is 36.5 Å². The van der Waals surface area contributed by atoms with Crippen LogP contribution in [0.25, 0.3) is 11.3 Å². The molecule has 0 unspecified atom stereocenters. The first-order valence-electron chi connectivity index (χ1n) is 7.73. The molecule has 116 valence electrons. The Hall–Kier alpha value is -2.07. The van der Waals surface area contributed by atoms with Crippen LogP contribution >= 0.6 is 0 Å². The monoisotopic (exact) mass is 298 g/mol. The van der Waals surface area contributed by atoms with E-state index in [0.29, 0.717) is 19.1 Å². The number of benzene rings is 1. The Bertz CT molecular complexity index is 655. The molecule has 1 atom stereocenters. The average Bonchev–Trinajstić information content (AvgIpc) is 2.52. The van der Waals surface area contributed by atoms with E-state index in [2.05, 4.69) is 18.8 Å². The van der Waals surface area contributed by atoms with Crippen LogP contribution in [0.2, 0.25) is 0 Å². The second-order valence-corrected chi connectivity index (χ2v) is 6.16. The predicted molar refractivity (Wildman–Crippen MR) is 86.9 cm³/mol. The first-order chi connectivity index (χ1) is 10.6. The van der Waals surface area contributed by atoms with Gasteiger partial charge in [0.1, 0.15) is 24.7 Å². The fraction of sp³-hybridized carbons (Fsp3) is 0.389. The van der Waals surface area contributed by atoms with Crippen molar-refractivity contribution in [2.75, 3.05) is 6.61 Å². The molecule has 1 aliphatic rings. The summed E-state index contributed by atoms with van der Waals surface area (Å²) < 4.78 is 11.6. The molecule has 0 radical (unpaired) electrons. The minimum Gasteiger partial charge on any atom is -0.492 e. The van der Waals surface area contributed by atoms with Crippen LogP contribution < -0.4 is 15.2 Å². The summed E-state index contributed by atoms with van der Waals surface area (Å²) in [6.45, 7) is 5.40.